The molecule has 4 aromatic rings. The Kier molecular flexibility index (Phi) is 5.50. The van der Waals surface area contributed by atoms with Crippen LogP contribution in [0.2, 0.25) is 5.02 Å². The predicted molar refractivity (Wildman–Crippen MR) is 117 cm³/mol. The second-order valence-electron chi connectivity index (χ2n) is 7.17. The molecule has 0 saturated carbocycles. The van der Waals surface area contributed by atoms with Crippen LogP contribution in [0.3, 0.4) is 0 Å². The molecule has 2 heterocycles. The molecule has 4 rings (SSSR count). The summed E-state index contributed by atoms with van der Waals surface area (Å²) in [4.78, 5) is 7.85. The van der Waals surface area contributed by atoms with Crippen molar-refractivity contribution in [2.75, 3.05) is 5.75 Å². The summed E-state index contributed by atoms with van der Waals surface area (Å²) in [5.74, 6) is 0.0872. The van der Waals surface area contributed by atoms with Gasteiger partial charge in [0, 0.05) is 17.6 Å². The highest BCUT2D eigenvalue weighted by Crippen LogP contribution is 2.35. The Labute approximate surface area is 187 Å². The zero-order chi connectivity index (χ0) is 23.3. The summed E-state index contributed by atoms with van der Waals surface area (Å²) in [7, 11) is -2.07. The molecule has 2 aromatic carbocycles. The summed E-state index contributed by atoms with van der Waals surface area (Å²) in [5, 5.41) is 0.554. The van der Waals surface area contributed by atoms with Crippen molar-refractivity contribution in [2.45, 2.75) is 18.0 Å². The average molecular weight is 480 g/mol. The first-order valence-electron chi connectivity index (χ1n) is 9.54. The number of hydrogen-bond acceptors (Lipinski definition) is 4. The summed E-state index contributed by atoms with van der Waals surface area (Å²) < 4.78 is 66.6. The quantitative estimate of drug-likeness (QED) is 0.373. The largest absolute Gasteiger partial charge is 0.433 e. The molecular formula is C22H17ClF3N3O2S. The molecule has 0 saturated heterocycles. The molecule has 0 amide bonds. The summed E-state index contributed by atoms with van der Waals surface area (Å²) in [5.41, 5.74) is 1.11. The lowest BCUT2D eigenvalue weighted by Crippen LogP contribution is -2.08. The molecular weight excluding hydrogens is 463 g/mol. The Bertz CT molecular complexity index is 1430. The van der Waals surface area contributed by atoms with Gasteiger partial charge < -0.3 is 4.57 Å². The fourth-order valence-electron chi connectivity index (χ4n) is 3.43. The minimum atomic E-state index is -4.61. The maximum atomic E-state index is 13.1. The van der Waals surface area contributed by atoms with E-state index >= 15 is 0 Å². The molecule has 0 fully saturated rings. The Hall–Kier alpha value is -2.91. The van der Waals surface area contributed by atoms with E-state index in [1.54, 1.807) is 49.5 Å². The zero-order valence-corrected chi connectivity index (χ0v) is 18.6. The van der Waals surface area contributed by atoms with Crippen molar-refractivity contribution in [1.82, 2.24) is 14.5 Å². The maximum Gasteiger partial charge on any atom is 0.433 e. The topological polar surface area (TPSA) is 64.8 Å². The highest BCUT2D eigenvalue weighted by Gasteiger charge is 2.33. The molecule has 0 unspecified atom stereocenters. The van der Waals surface area contributed by atoms with Crippen molar-refractivity contribution < 1.29 is 21.6 Å². The van der Waals surface area contributed by atoms with Crippen LogP contribution in [0.5, 0.6) is 0 Å². The van der Waals surface area contributed by atoms with Gasteiger partial charge in [-0.15, -0.1) is 0 Å². The van der Waals surface area contributed by atoms with Gasteiger partial charge in [0.05, 0.1) is 27.9 Å². The monoisotopic (exact) mass is 479 g/mol. The molecule has 0 bridgehead atoms. The minimum Gasteiger partial charge on any atom is -0.326 e. The molecule has 5 nitrogen and oxygen atoms in total. The molecule has 32 heavy (non-hydrogen) atoms. The molecule has 0 spiro atoms. The van der Waals surface area contributed by atoms with Gasteiger partial charge >= 0.3 is 6.18 Å². The highest BCUT2D eigenvalue weighted by molar-refractivity contribution is 7.91. The third-order valence-electron chi connectivity index (χ3n) is 5.17. The Morgan fingerprint density at radius 1 is 1.03 bits per heavy atom. The number of aromatic nitrogens is 3. The Morgan fingerprint density at radius 3 is 2.31 bits per heavy atom. The second kappa shape index (κ2) is 7.90. The number of alkyl halides is 3. The van der Waals surface area contributed by atoms with Crippen LogP contribution < -0.4 is 0 Å². The van der Waals surface area contributed by atoms with Crippen LogP contribution in [-0.4, -0.2) is 28.7 Å². The second-order valence-corrected chi connectivity index (χ2v) is 9.85. The first-order valence-corrected chi connectivity index (χ1v) is 11.6. The van der Waals surface area contributed by atoms with E-state index < -0.39 is 21.7 Å². The molecule has 0 aliphatic carbocycles. The van der Waals surface area contributed by atoms with Crippen LogP contribution in [0.4, 0.5) is 13.2 Å². The number of fused-ring (bicyclic) bond motifs is 1. The first-order chi connectivity index (χ1) is 15.0. The van der Waals surface area contributed by atoms with E-state index in [0.29, 0.717) is 21.7 Å². The summed E-state index contributed by atoms with van der Waals surface area (Å²) in [6.45, 7) is 1.53. The molecule has 0 aliphatic heterocycles. The van der Waals surface area contributed by atoms with Crippen molar-refractivity contribution in [3.63, 3.8) is 0 Å². The van der Waals surface area contributed by atoms with Gasteiger partial charge in [0.1, 0.15) is 11.5 Å². The van der Waals surface area contributed by atoms with Crippen LogP contribution in [-0.2, 0) is 23.1 Å². The van der Waals surface area contributed by atoms with Gasteiger partial charge in [-0.25, -0.2) is 18.4 Å². The minimum absolute atomic E-state index is 0.0508. The van der Waals surface area contributed by atoms with Crippen molar-refractivity contribution in [3.05, 3.63) is 65.4 Å². The zero-order valence-electron chi connectivity index (χ0n) is 17.0. The van der Waals surface area contributed by atoms with Gasteiger partial charge in [-0.2, -0.15) is 13.2 Å². The molecule has 0 N–H and O–H groups in total. The third kappa shape index (κ3) is 3.98. The smallest absolute Gasteiger partial charge is 0.326 e. The van der Waals surface area contributed by atoms with Gasteiger partial charge in [-0.05, 0) is 41.5 Å². The van der Waals surface area contributed by atoms with E-state index in [0.717, 1.165) is 17.8 Å². The lowest BCUT2D eigenvalue weighted by Gasteiger charge is -2.12. The van der Waals surface area contributed by atoms with Crippen molar-refractivity contribution in [1.29, 1.82) is 0 Å². The predicted octanol–water partition coefficient (Wildman–Crippen LogP) is 5.77. The lowest BCUT2D eigenvalue weighted by atomic mass is 10.0. The standard InChI is InChI=1S/C22H17ClF3N3O2S/c1-3-32(30,31)19-10-14(13-4-7-15(23)8-5-13)6-9-16(19)21-28-17-11-20(22(24,25)26)27-12-18(17)29(21)2/h4-12H,3H2,1-2H3. The van der Waals surface area contributed by atoms with Gasteiger partial charge in [-0.3, -0.25) is 0 Å². The van der Waals surface area contributed by atoms with Gasteiger partial charge in [0.25, 0.3) is 0 Å². The number of aryl methyl sites for hydroxylation is 1. The number of halogens is 4. The number of imidazole rings is 1. The number of benzene rings is 2. The van der Waals surface area contributed by atoms with Gasteiger partial charge in [0.2, 0.25) is 0 Å². The van der Waals surface area contributed by atoms with Crippen LogP contribution in [0, 0.1) is 0 Å². The third-order valence-corrected chi connectivity index (χ3v) is 7.19. The Morgan fingerprint density at radius 2 is 1.69 bits per heavy atom. The van der Waals surface area contributed by atoms with Crippen molar-refractivity contribution in [2.24, 2.45) is 7.05 Å². The number of hydrogen-bond donors (Lipinski definition) is 0. The fraction of sp³-hybridized carbons (Fsp3) is 0.182. The van der Waals surface area contributed by atoms with Crippen molar-refractivity contribution >= 4 is 32.5 Å². The molecule has 0 radical (unpaired) electrons. The molecule has 0 aliphatic rings. The highest BCUT2D eigenvalue weighted by atomic mass is 35.5. The van der Waals surface area contributed by atoms with Crippen LogP contribution in [0.25, 0.3) is 33.5 Å². The first kappa shape index (κ1) is 22.3. The fourth-order valence-corrected chi connectivity index (χ4v) is 4.66. The number of pyridine rings is 1. The van der Waals surface area contributed by atoms with Crippen molar-refractivity contribution in [3.8, 4) is 22.5 Å². The number of sulfone groups is 1. The van der Waals surface area contributed by atoms with E-state index in [4.69, 9.17) is 11.6 Å². The summed E-state index contributed by atoms with van der Waals surface area (Å²) in [6.07, 6.45) is -3.52. The molecule has 166 valence electrons. The van der Waals surface area contributed by atoms with E-state index in [1.165, 1.54) is 11.5 Å². The average Bonchev–Trinajstić information content (AvgIpc) is 3.09. The molecule has 10 heteroatoms. The van der Waals surface area contributed by atoms with Gasteiger partial charge in [0.15, 0.2) is 9.84 Å². The normalized spacial score (nSPS) is 12.4. The van der Waals surface area contributed by atoms with E-state index in [9.17, 15) is 21.6 Å². The van der Waals surface area contributed by atoms with E-state index in [2.05, 4.69) is 9.97 Å². The van der Waals surface area contributed by atoms with Crippen LogP contribution in [0.15, 0.2) is 59.6 Å². The van der Waals surface area contributed by atoms with E-state index in [1.807, 2.05) is 0 Å². The van der Waals surface area contributed by atoms with Crippen LogP contribution in [0.1, 0.15) is 12.6 Å². The summed E-state index contributed by atoms with van der Waals surface area (Å²) in [6, 6.07) is 12.7. The molecule has 2 aromatic heterocycles. The number of nitrogens with zero attached hydrogens (tertiary/aromatic N) is 3. The van der Waals surface area contributed by atoms with Crippen LogP contribution >= 0.6 is 11.6 Å². The summed E-state index contributed by atoms with van der Waals surface area (Å²) >= 11 is 5.94. The maximum absolute atomic E-state index is 13.1. The SMILES string of the molecule is CCS(=O)(=O)c1cc(-c2ccc(Cl)cc2)ccc1-c1nc2cc(C(F)(F)F)ncc2n1C. The molecule has 0 atom stereocenters. The Balaban J connectivity index is 1.94. The van der Waals surface area contributed by atoms with E-state index in [-0.39, 0.29) is 22.0 Å². The number of rotatable bonds is 4. The lowest BCUT2D eigenvalue weighted by molar-refractivity contribution is -0.141. The van der Waals surface area contributed by atoms with Gasteiger partial charge in [-0.1, -0.05) is 36.7 Å².